The van der Waals surface area contributed by atoms with Crippen LogP contribution in [-0.2, 0) is 13.1 Å². The van der Waals surface area contributed by atoms with Crippen molar-refractivity contribution < 1.29 is 5.11 Å². The van der Waals surface area contributed by atoms with Crippen LogP contribution in [0.15, 0.2) is 29.3 Å². The predicted octanol–water partition coefficient (Wildman–Crippen LogP) is 3.36. The molecule has 3 N–H and O–H groups in total. The Morgan fingerprint density at radius 1 is 1.15 bits per heavy atom. The topological polar surface area (TPSA) is 59.9 Å². The summed E-state index contributed by atoms with van der Waals surface area (Å²) in [7, 11) is 1.82. The summed E-state index contributed by atoms with van der Waals surface area (Å²) in [5.41, 5.74) is 2.59. The van der Waals surface area contributed by atoms with E-state index in [1.807, 2.05) is 7.05 Å². The third kappa shape index (κ3) is 9.76. The van der Waals surface area contributed by atoms with Gasteiger partial charge in [0.25, 0.3) is 0 Å². The molecule has 0 spiro atoms. The van der Waals surface area contributed by atoms with Gasteiger partial charge in [-0.2, -0.15) is 0 Å². The summed E-state index contributed by atoms with van der Waals surface area (Å²) in [6, 6.07) is 8.79. The summed E-state index contributed by atoms with van der Waals surface area (Å²) >= 11 is 0. The summed E-state index contributed by atoms with van der Waals surface area (Å²) in [5, 5.41) is 16.4. The molecule has 0 amide bonds. The predicted molar refractivity (Wildman–Crippen MR) is 125 cm³/mol. The van der Waals surface area contributed by atoms with E-state index in [4.69, 9.17) is 0 Å². The number of piperidine rings is 1. The molecule has 1 saturated heterocycles. The minimum atomic E-state index is -0.104. The zero-order chi connectivity index (χ0) is 18.8. The van der Waals surface area contributed by atoms with Crippen LogP contribution in [-0.4, -0.2) is 48.8 Å². The molecule has 0 aromatic heterocycles. The van der Waals surface area contributed by atoms with Gasteiger partial charge in [-0.15, -0.1) is 24.0 Å². The van der Waals surface area contributed by atoms with Crippen LogP contribution in [0.5, 0.6) is 0 Å². The second kappa shape index (κ2) is 13.3. The van der Waals surface area contributed by atoms with Gasteiger partial charge in [-0.25, -0.2) is 0 Å². The number of nitrogens with zero attached hydrogens (tertiary/aromatic N) is 2. The van der Waals surface area contributed by atoms with Crippen LogP contribution >= 0.6 is 24.0 Å². The molecule has 0 radical (unpaired) electrons. The number of aliphatic hydroxyl groups excluding tert-OH is 1. The summed E-state index contributed by atoms with van der Waals surface area (Å²) in [6.45, 7) is 9.20. The summed E-state index contributed by atoms with van der Waals surface area (Å²) in [6.07, 6.45) is 4.09. The number of aliphatic imine (C=N–C) groups is 1. The number of hydrogen-bond donors (Lipinski definition) is 3. The molecule has 1 aliphatic heterocycles. The van der Waals surface area contributed by atoms with E-state index in [9.17, 15) is 5.11 Å². The number of rotatable bonds is 8. The van der Waals surface area contributed by atoms with Gasteiger partial charge in [0.2, 0.25) is 0 Å². The molecular weight excluding hydrogens is 451 g/mol. The lowest BCUT2D eigenvalue weighted by atomic mass is 10.1. The first kappa shape index (κ1) is 24.2. The number of likely N-dealkylation sites (tertiary alicyclic amines) is 1. The molecule has 6 heteroatoms. The van der Waals surface area contributed by atoms with Crippen LogP contribution in [0.25, 0.3) is 0 Å². The SMILES string of the molecule is CN=C(NCCCC(C)C)NCc1ccc(CN2CCC(O)CC2)cc1.I. The molecule has 0 bridgehead atoms. The van der Waals surface area contributed by atoms with E-state index < -0.39 is 0 Å². The van der Waals surface area contributed by atoms with Crippen molar-refractivity contribution in [2.45, 2.75) is 58.7 Å². The highest BCUT2D eigenvalue weighted by atomic mass is 127. The average Bonchev–Trinajstić information content (AvgIpc) is 2.64. The molecular formula is C21H37IN4O. The standard InChI is InChI=1S/C21H36N4O.HI/c1-17(2)5-4-12-23-21(22-3)24-15-18-6-8-19(9-7-18)16-25-13-10-20(26)11-14-25;/h6-9,17,20,26H,4-5,10-16H2,1-3H3,(H2,22,23,24);1H. The minimum absolute atomic E-state index is 0. The van der Waals surface area contributed by atoms with Gasteiger partial charge in [-0.05, 0) is 42.7 Å². The van der Waals surface area contributed by atoms with E-state index in [0.717, 1.165) is 57.4 Å². The van der Waals surface area contributed by atoms with E-state index in [0.29, 0.717) is 0 Å². The number of halogens is 1. The highest BCUT2D eigenvalue weighted by Gasteiger charge is 2.16. The van der Waals surface area contributed by atoms with Crippen molar-refractivity contribution in [2.24, 2.45) is 10.9 Å². The van der Waals surface area contributed by atoms with Crippen molar-refractivity contribution in [1.29, 1.82) is 0 Å². The molecule has 1 aromatic rings. The number of aliphatic hydroxyl groups is 1. The minimum Gasteiger partial charge on any atom is -0.393 e. The Kier molecular flexibility index (Phi) is 11.9. The quantitative estimate of drug-likeness (QED) is 0.227. The van der Waals surface area contributed by atoms with Gasteiger partial charge in [0.1, 0.15) is 0 Å². The van der Waals surface area contributed by atoms with E-state index in [2.05, 4.69) is 58.6 Å². The zero-order valence-electron chi connectivity index (χ0n) is 17.1. The molecule has 1 fully saturated rings. The van der Waals surface area contributed by atoms with Crippen LogP contribution in [0.4, 0.5) is 0 Å². The molecule has 0 unspecified atom stereocenters. The molecule has 1 heterocycles. The Morgan fingerprint density at radius 3 is 2.37 bits per heavy atom. The first-order valence-electron chi connectivity index (χ1n) is 9.99. The monoisotopic (exact) mass is 488 g/mol. The van der Waals surface area contributed by atoms with Crippen LogP contribution in [0.3, 0.4) is 0 Å². The lowest BCUT2D eigenvalue weighted by molar-refractivity contribution is 0.0792. The van der Waals surface area contributed by atoms with E-state index in [1.165, 1.54) is 24.0 Å². The van der Waals surface area contributed by atoms with Crippen LogP contribution < -0.4 is 10.6 Å². The van der Waals surface area contributed by atoms with Crippen molar-refractivity contribution in [3.63, 3.8) is 0 Å². The second-order valence-electron chi connectivity index (χ2n) is 7.71. The van der Waals surface area contributed by atoms with Crippen LogP contribution in [0.1, 0.15) is 50.7 Å². The zero-order valence-corrected chi connectivity index (χ0v) is 19.4. The van der Waals surface area contributed by atoms with Crippen molar-refractivity contribution >= 4 is 29.9 Å². The maximum absolute atomic E-state index is 9.60. The largest absolute Gasteiger partial charge is 0.393 e. The maximum Gasteiger partial charge on any atom is 0.191 e. The van der Waals surface area contributed by atoms with Gasteiger partial charge in [0, 0.05) is 39.8 Å². The van der Waals surface area contributed by atoms with Crippen molar-refractivity contribution in [3.8, 4) is 0 Å². The highest BCUT2D eigenvalue weighted by molar-refractivity contribution is 14.0. The molecule has 0 aliphatic carbocycles. The first-order valence-corrected chi connectivity index (χ1v) is 9.99. The van der Waals surface area contributed by atoms with Gasteiger partial charge in [-0.1, -0.05) is 38.1 Å². The van der Waals surface area contributed by atoms with Crippen molar-refractivity contribution in [2.75, 3.05) is 26.7 Å². The summed E-state index contributed by atoms with van der Waals surface area (Å²) in [4.78, 5) is 6.71. The average molecular weight is 488 g/mol. The fourth-order valence-corrected chi connectivity index (χ4v) is 3.22. The molecule has 1 aliphatic rings. The van der Waals surface area contributed by atoms with Gasteiger partial charge in [0.05, 0.1) is 6.10 Å². The van der Waals surface area contributed by atoms with Crippen molar-refractivity contribution in [3.05, 3.63) is 35.4 Å². The third-order valence-electron chi connectivity index (χ3n) is 4.92. The molecule has 27 heavy (non-hydrogen) atoms. The molecule has 2 rings (SSSR count). The highest BCUT2D eigenvalue weighted by Crippen LogP contribution is 2.14. The number of guanidine groups is 1. The van der Waals surface area contributed by atoms with Gasteiger partial charge in [0.15, 0.2) is 5.96 Å². The van der Waals surface area contributed by atoms with E-state index in [1.54, 1.807) is 0 Å². The number of benzene rings is 1. The van der Waals surface area contributed by atoms with E-state index >= 15 is 0 Å². The van der Waals surface area contributed by atoms with Gasteiger partial charge < -0.3 is 15.7 Å². The molecule has 154 valence electrons. The number of hydrogen-bond acceptors (Lipinski definition) is 3. The molecule has 1 aromatic carbocycles. The number of nitrogens with one attached hydrogen (secondary N) is 2. The smallest absolute Gasteiger partial charge is 0.191 e. The Morgan fingerprint density at radius 2 is 1.78 bits per heavy atom. The maximum atomic E-state index is 9.60. The normalized spacial score (nSPS) is 16.3. The van der Waals surface area contributed by atoms with E-state index in [-0.39, 0.29) is 30.1 Å². The molecule has 5 nitrogen and oxygen atoms in total. The Balaban J connectivity index is 0.00000364. The van der Waals surface area contributed by atoms with Crippen molar-refractivity contribution in [1.82, 2.24) is 15.5 Å². The lowest BCUT2D eigenvalue weighted by Crippen LogP contribution is -2.37. The Hall–Kier alpha value is -0.860. The third-order valence-corrected chi connectivity index (χ3v) is 4.92. The molecule has 0 saturated carbocycles. The fourth-order valence-electron chi connectivity index (χ4n) is 3.22. The summed E-state index contributed by atoms with van der Waals surface area (Å²) in [5.74, 6) is 1.62. The van der Waals surface area contributed by atoms with Crippen LogP contribution in [0.2, 0.25) is 0 Å². The lowest BCUT2D eigenvalue weighted by Gasteiger charge is -2.29. The van der Waals surface area contributed by atoms with Gasteiger partial charge >= 0.3 is 0 Å². The van der Waals surface area contributed by atoms with Crippen LogP contribution in [0, 0.1) is 5.92 Å². The van der Waals surface area contributed by atoms with Gasteiger partial charge in [-0.3, -0.25) is 9.89 Å². The Bertz CT molecular complexity index is 540. The Labute approximate surface area is 182 Å². The first-order chi connectivity index (χ1) is 12.6. The molecule has 0 atom stereocenters. The fraction of sp³-hybridized carbons (Fsp3) is 0.667. The second-order valence-corrected chi connectivity index (χ2v) is 7.71. The summed E-state index contributed by atoms with van der Waals surface area (Å²) < 4.78 is 0.